The molecule has 144 valence electrons. The smallest absolute Gasteiger partial charge is 0.191 e. The Kier molecular flexibility index (Phi) is 8.02. The van der Waals surface area contributed by atoms with Gasteiger partial charge >= 0.3 is 0 Å². The molecule has 0 aliphatic carbocycles. The van der Waals surface area contributed by atoms with Gasteiger partial charge in [-0.2, -0.15) is 0 Å². The number of guanidine groups is 1. The molecule has 27 heavy (non-hydrogen) atoms. The van der Waals surface area contributed by atoms with Crippen molar-refractivity contribution in [3.05, 3.63) is 65.6 Å². The summed E-state index contributed by atoms with van der Waals surface area (Å²) in [5, 5.41) is 15.2. The molecule has 0 aliphatic heterocycles. The average molecular weight is 478 g/mol. The first kappa shape index (κ1) is 21.1. The summed E-state index contributed by atoms with van der Waals surface area (Å²) in [7, 11) is 1.79. The molecule has 1 unspecified atom stereocenters. The first-order valence-electron chi connectivity index (χ1n) is 9.06. The van der Waals surface area contributed by atoms with Gasteiger partial charge in [0, 0.05) is 26.2 Å². The second-order valence-corrected chi connectivity index (χ2v) is 6.26. The monoisotopic (exact) mass is 478 g/mol. The Hall–Kier alpha value is -2.16. The lowest BCUT2D eigenvalue weighted by Crippen LogP contribution is -2.39. The highest BCUT2D eigenvalue weighted by atomic mass is 127. The zero-order valence-electron chi connectivity index (χ0n) is 16.0. The van der Waals surface area contributed by atoms with Crippen molar-refractivity contribution < 1.29 is 0 Å². The molecule has 7 heteroatoms. The fraction of sp³-hybridized carbons (Fsp3) is 0.350. The minimum Gasteiger partial charge on any atom is -0.356 e. The van der Waals surface area contributed by atoms with Crippen LogP contribution < -0.4 is 10.6 Å². The summed E-state index contributed by atoms with van der Waals surface area (Å²) in [6.45, 7) is 5.04. The molecule has 0 saturated carbocycles. The lowest BCUT2D eigenvalue weighted by molar-refractivity contribution is 0.679. The van der Waals surface area contributed by atoms with Crippen molar-refractivity contribution in [3.8, 4) is 0 Å². The Bertz CT molecular complexity index is 872. The van der Waals surface area contributed by atoms with Crippen LogP contribution in [0, 0.1) is 0 Å². The van der Waals surface area contributed by atoms with Gasteiger partial charge in [-0.05, 0) is 36.6 Å². The first-order chi connectivity index (χ1) is 12.7. The van der Waals surface area contributed by atoms with E-state index in [9.17, 15) is 0 Å². The lowest BCUT2D eigenvalue weighted by Gasteiger charge is -2.18. The number of halogens is 1. The highest BCUT2D eigenvalue weighted by molar-refractivity contribution is 14.0. The van der Waals surface area contributed by atoms with E-state index >= 15 is 0 Å². The largest absolute Gasteiger partial charge is 0.356 e. The molecule has 0 spiro atoms. The van der Waals surface area contributed by atoms with Crippen LogP contribution in [0.15, 0.2) is 53.7 Å². The quantitative estimate of drug-likeness (QED) is 0.324. The van der Waals surface area contributed by atoms with E-state index in [4.69, 9.17) is 0 Å². The fourth-order valence-corrected chi connectivity index (χ4v) is 2.88. The number of fused-ring (bicyclic) bond motifs is 1. The van der Waals surface area contributed by atoms with Crippen molar-refractivity contribution in [2.45, 2.75) is 32.7 Å². The summed E-state index contributed by atoms with van der Waals surface area (Å²) in [6, 6.07) is 14.8. The van der Waals surface area contributed by atoms with E-state index in [1.54, 1.807) is 7.05 Å². The zero-order chi connectivity index (χ0) is 18.4. The van der Waals surface area contributed by atoms with Crippen molar-refractivity contribution >= 4 is 35.6 Å². The van der Waals surface area contributed by atoms with Crippen LogP contribution in [0.4, 0.5) is 0 Å². The van der Waals surface area contributed by atoms with Crippen molar-refractivity contribution in [1.29, 1.82) is 0 Å². The van der Waals surface area contributed by atoms with Crippen molar-refractivity contribution in [1.82, 2.24) is 25.2 Å². The molecule has 2 N–H and O–H groups in total. The standard InChI is InChI=1S/C20H26N6.HI/c1-4-16-8-10-17(11-9-16)15(2)23-20(21-3)22-13-12-19-25-24-18-7-5-6-14-26(18)19;/h5-11,14-15H,4,12-13H2,1-3H3,(H2,21,22,23);1H. The Morgan fingerprint density at radius 2 is 1.93 bits per heavy atom. The fourth-order valence-electron chi connectivity index (χ4n) is 2.88. The molecule has 2 aromatic heterocycles. The summed E-state index contributed by atoms with van der Waals surface area (Å²) in [6.07, 6.45) is 3.81. The summed E-state index contributed by atoms with van der Waals surface area (Å²) >= 11 is 0. The van der Waals surface area contributed by atoms with Crippen LogP contribution in [-0.2, 0) is 12.8 Å². The van der Waals surface area contributed by atoms with Crippen LogP contribution in [0.3, 0.4) is 0 Å². The summed E-state index contributed by atoms with van der Waals surface area (Å²) in [4.78, 5) is 4.32. The molecule has 3 aromatic rings. The summed E-state index contributed by atoms with van der Waals surface area (Å²) in [5.41, 5.74) is 3.46. The lowest BCUT2D eigenvalue weighted by atomic mass is 10.1. The normalized spacial score (nSPS) is 12.5. The maximum absolute atomic E-state index is 4.32. The first-order valence-corrected chi connectivity index (χ1v) is 9.06. The van der Waals surface area contributed by atoms with Crippen LogP contribution in [0.25, 0.3) is 5.65 Å². The second kappa shape index (κ2) is 10.2. The molecule has 0 fully saturated rings. The van der Waals surface area contributed by atoms with Gasteiger partial charge in [0.25, 0.3) is 0 Å². The van der Waals surface area contributed by atoms with E-state index in [1.807, 2.05) is 28.8 Å². The van der Waals surface area contributed by atoms with Gasteiger partial charge in [0.1, 0.15) is 5.82 Å². The van der Waals surface area contributed by atoms with E-state index in [0.29, 0.717) is 0 Å². The number of aryl methyl sites for hydroxylation is 1. The third kappa shape index (κ3) is 5.41. The minimum absolute atomic E-state index is 0. The molecule has 0 bridgehead atoms. The second-order valence-electron chi connectivity index (χ2n) is 6.26. The number of aromatic nitrogens is 3. The third-order valence-corrected chi connectivity index (χ3v) is 4.49. The van der Waals surface area contributed by atoms with Gasteiger partial charge in [-0.3, -0.25) is 9.39 Å². The summed E-state index contributed by atoms with van der Waals surface area (Å²) < 4.78 is 2.01. The number of nitrogens with one attached hydrogen (secondary N) is 2. The number of hydrogen-bond acceptors (Lipinski definition) is 3. The summed E-state index contributed by atoms with van der Waals surface area (Å²) in [5.74, 6) is 1.72. The number of nitrogens with zero attached hydrogens (tertiary/aromatic N) is 4. The van der Waals surface area contributed by atoms with Crippen LogP contribution in [0.5, 0.6) is 0 Å². The SMILES string of the molecule is CCc1ccc(C(C)NC(=NC)NCCc2nnc3ccccn23)cc1.I. The molecule has 0 amide bonds. The maximum atomic E-state index is 4.32. The number of rotatable bonds is 6. The Morgan fingerprint density at radius 3 is 2.63 bits per heavy atom. The predicted octanol–water partition coefficient (Wildman–Crippen LogP) is 3.38. The molecule has 1 atom stereocenters. The molecular weight excluding hydrogens is 451 g/mol. The van der Waals surface area contributed by atoms with E-state index < -0.39 is 0 Å². The highest BCUT2D eigenvalue weighted by Crippen LogP contribution is 2.13. The van der Waals surface area contributed by atoms with Crippen molar-refractivity contribution in [2.24, 2.45) is 4.99 Å². The van der Waals surface area contributed by atoms with Gasteiger partial charge in [0.15, 0.2) is 11.6 Å². The molecule has 0 saturated heterocycles. The van der Waals surface area contributed by atoms with Gasteiger partial charge in [0.05, 0.1) is 6.04 Å². The molecule has 0 radical (unpaired) electrons. The molecular formula is C20H27IN6. The number of benzene rings is 1. The van der Waals surface area contributed by atoms with Gasteiger partial charge in [0.2, 0.25) is 0 Å². The van der Waals surface area contributed by atoms with Crippen molar-refractivity contribution in [2.75, 3.05) is 13.6 Å². The highest BCUT2D eigenvalue weighted by Gasteiger charge is 2.09. The Morgan fingerprint density at radius 1 is 1.15 bits per heavy atom. The average Bonchev–Trinajstić information content (AvgIpc) is 3.10. The maximum Gasteiger partial charge on any atom is 0.191 e. The van der Waals surface area contributed by atoms with E-state index in [0.717, 1.165) is 36.8 Å². The molecule has 6 nitrogen and oxygen atoms in total. The molecule has 3 rings (SSSR count). The van der Waals surface area contributed by atoms with Crippen LogP contribution in [-0.4, -0.2) is 34.2 Å². The Balaban J connectivity index is 0.00000261. The van der Waals surface area contributed by atoms with E-state index in [2.05, 4.69) is 63.9 Å². The molecule has 1 aromatic carbocycles. The topological polar surface area (TPSA) is 66.6 Å². The number of hydrogen-bond donors (Lipinski definition) is 2. The van der Waals surface area contributed by atoms with Gasteiger partial charge in [-0.1, -0.05) is 37.3 Å². The van der Waals surface area contributed by atoms with Crippen LogP contribution >= 0.6 is 24.0 Å². The number of pyridine rings is 1. The molecule has 2 heterocycles. The van der Waals surface area contributed by atoms with Gasteiger partial charge in [-0.25, -0.2) is 0 Å². The van der Waals surface area contributed by atoms with E-state index in [1.165, 1.54) is 11.1 Å². The van der Waals surface area contributed by atoms with Crippen LogP contribution in [0.1, 0.15) is 36.8 Å². The predicted molar refractivity (Wildman–Crippen MR) is 121 cm³/mol. The van der Waals surface area contributed by atoms with Gasteiger partial charge < -0.3 is 10.6 Å². The van der Waals surface area contributed by atoms with Crippen molar-refractivity contribution in [3.63, 3.8) is 0 Å². The van der Waals surface area contributed by atoms with E-state index in [-0.39, 0.29) is 30.0 Å². The van der Waals surface area contributed by atoms with Crippen LogP contribution in [0.2, 0.25) is 0 Å². The Labute approximate surface area is 177 Å². The zero-order valence-corrected chi connectivity index (χ0v) is 18.3. The number of aliphatic imine (C=N–C) groups is 1. The molecule has 0 aliphatic rings. The minimum atomic E-state index is 0. The van der Waals surface area contributed by atoms with Gasteiger partial charge in [-0.15, -0.1) is 34.2 Å². The third-order valence-electron chi connectivity index (χ3n) is 4.49.